The molecule has 0 fully saturated rings. The van der Waals surface area contributed by atoms with Crippen LogP contribution in [-0.4, -0.2) is 29.4 Å². The fraction of sp³-hybridized carbons (Fsp3) is 0.688. The molecular weight excluding hydrogens is 296 g/mol. The van der Waals surface area contributed by atoms with E-state index in [2.05, 4.69) is 4.98 Å². The molecule has 2 aromatic rings. The quantitative estimate of drug-likeness (QED) is 0.776. The fourth-order valence-corrected chi connectivity index (χ4v) is 2.44. The minimum atomic E-state index is -2.88. The van der Waals surface area contributed by atoms with Gasteiger partial charge in [-0.1, -0.05) is 6.92 Å². The van der Waals surface area contributed by atoms with Crippen molar-refractivity contribution >= 4 is 11.2 Å². The van der Waals surface area contributed by atoms with Gasteiger partial charge in [0.25, 0.3) is 5.56 Å². The summed E-state index contributed by atoms with van der Waals surface area (Å²) in [6, 6.07) is 0. The van der Waals surface area contributed by atoms with E-state index >= 15 is 0 Å². The van der Waals surface area contributed by atoms with E-state index in [1.54, 1.807) is 20.8 Å². The molecule has 0 aliphatic carbocycles. The first kappa shape index (κ1) is 11.6. The molecule has 0 spiro atoms. The molecule has 0 amide bonds. The minimum absolute atomic E-state index is 0.0242. The van der Waals surface area contributed by atoms with Crippen molar-refractivity contribution in [2.24, 2.45) is 6.98 Å². The summed E-state index contributed by atoms with van der Waals surface area (Å²) in [5, 5.41) is 9.78. The number of aromatic nitrogens is 4. The first-order valence-electron chi connectivity index (χ1n) is 10.2. The van der Waals surface area contributed by atoms with Crippen molar-refractivity contribution in [1.82, 2.24) is 18.7 Å². The van der Waals surface area contributed by atoms with Crippen LogP contribution in [0.2, 0.25) is 0 Å². The van der Waals surface area contributed by atoms with E-state index in [4.69, 9.17) is 6.85 Å². The molecule has 7 heteroatoms. The van der Waals surface area contributed by atoms with Crippen molar-refractivity contribution in [1.29, 1.82) is 0 Å². The molecule has 0 aliphatic heterocycles. The molecule has 2 heterocycles. The molecule has 0 bridgehead atoms. The lowest BCUT2D eigenvalue weighted by Crippen LogP contribution is -2.39. The molecule has 0 aliphatic rings. The van der Waals surface area contributed by atoms with Crippen LogP contribution in [0.3, 0.4) is 0 Å². The highest BCUT2D eigenvalue weighted by molar-refractivity contribution is 5.69. The third-order valence-corrected chi connectivity index (χ3v) is 3.58. The molecule has 0 saturated heterocycles. The van der Waals surface area contributed by atoms with Crippen LogP contribution in [0.15, 0.2) is 15.9 Å². The zero-order valence-electron chi connectivity index (χ0n) is 18.7. The van der Waals surface area contributed by atoms with Gasteiger partial charge < -0.3 is 9.67 Å². The van der Waals surface area contributed by atoms with Crippen LogP contribution in [0.4, 0.5) is 0 Å². The molecule has 0 aromatic carbocycles. The lowest BCUT2D eigenvalue weighted by molar-refractivity contribution is 0.0678. The Balaban J connectivity index is 2.66. The Hall–Kier alpha value is -1.89. The van der Waals surface area contributed by atoms with Gasteiger partial charge in [0.2, 0.25) is 0 Å². The van der Waals surface area contributed by atoms with Gasteiger partial charge in [-0.3, -0.25) is 13.9 Å². The van der Waals surface area contributed by atoms with Gasteiger partial charge in [-0.05, 0) is 39.5 Å². The van der Waals surface area contributed by atoms with Crippen LogP contribution < -0.4 is 11.2 Å². The number of aryl methyl sites for hydroxylation is 2. The smallest absolute Gasteiger partial charge is 0.332 e. The summed E-state index contributed by atoms with van der Waals surface area (Å²) < 4.78 is 41.4. The molecule has 128 valence electrons. The maximum absolute atomic E-state index is 13.0. The molecule has 0 radical (unpaired) electrons. The number of aliphatic hydroxyl groups is 1. The highest BCUT2D eigenvalue weighted by atomic mass is 16.3. The molecule has 7 nitrogen and oxygen atoms in total. The zero-order valence-corrected chi connectivity index (χ0v) is 13.7. The van der Waals surface area contributed by atoms with Crippen LogP contribution in [0.25, 0.3) is 11.2 Å². The maximum atomic E-state index is 13.0. The van der Waals surface area contributed by atoms with Gasteiger partial charge >= 0.3 is 5.69 Å². The highest BCUT2D eigenvalue weighted by Crippen LogP contribution is 2.12. The summed E-state index contributed by atoms with van der Waals surface area (Å²) in [6.07, 6.45) is 2.43. The summed E-state index contributed by atoms with van der Waals surface area (Å²) in [5.74, 6) is 0. The molecule has 23 heavy (non-hydrogen) atoms. The van der Waals surface area contributed by atoms with E-state index in [9.17, 15) is 14.7 Å². The lowest BCUT2D eigenvalue weighted by Gasteiger charge is -2.16. The Morgan fingerprint density at radius 1 is 1.39 bits per heavy atom. The minimum Gasteiger partial charge on any atom is -0.390 e. The van der Waals surface area contributed by atoms with E-state index < -0.39 is 30.3 Å². The van der Waals surface area contributed by atoms with Crippen molar-refractivity contribution in [3.05, 3.63) is 27.2 Å². The number of fused-ring (bicyclic) bond motifs is 1. The van der Waals surface area contributed by atoms with Crippen LogP contribution in [0.5, 0.6) is 0 Å². The number of nitrogens with zero attached hydrogens (tertiary/aromatic N) is 4. The van der Waals surface area contributed by atoms with E-state index in [0.717, 1.165) is 15.5 Å². The second kappa shape index (κ2) is 6.70. The number of imidazole rings is 1. The van der Waals surface area contributed by atoms with Crippen LogP contribution in [0, 0.1) is 0 Å². The summed E-state index contributed by atoms with van der Waals surface area (Å²) >= 11 is 0. The standard InChI is InChI=1S/C16H26N4O3/c1-5-9-19-11-17-13-12(19)14(21)20(15(22)18(13)4)10-7-6-8-16(2,3)23/h11,23H,5-10H2,1-4H3/i4D3,9D2. The van der Waals surface area contributed by atoms with E-state index in [0.29, 0.717) is 23.8 Å². The van der Waals surface area contributed by atoms with Gasteiger partial charge in [-0.15, -0.1) is 0 Å². The summed E-state index contributed by atoms with van der Waals surface area (Å²) in [5.41, 5.74) is -3.30. The number of hydrogen-bond acceptors (Lipinski definition) is 4. The topological polar surface area (TPSA) is 82.0 Å². The van der Waals surface area contributed by atoms with Crippen molar-refractivity contribution in [2.45, 2.75) is 65.1 Å². The number of unbranched alkanes of at least 4 members (excludes halogenated alkanes) is 1. The SMILES string of the molecule is [2H]C([2H])([2H])n1c(=O)n(CCCCC(C)(C)O)c(=O)c2c1ncn2C([2H])([2H])CC. The van der Waals surface area contributed by atoms with Crippen LogP contribution >= 0.6 is 0 Å². The Bertz CT molecular complexity index is 966. The fourth-order valence-electron chi connectivity index (χ4n) is 2.44. The average Bonchev–Trinajstić information content (AvgIpc) is 2.97. The Morgan fingerprint density at radius 3 is 2.74 bits per heavy atom. The van der Waals surface area contributed by atoms with E-state index in [1.165, 1.54) is 0 Å². The molecule has 1 N–H and O–H groups in total. The van der Waals surface area contributed by atoms with Gasteiger partial charge in [-0.25, -0.2) is 9.78 Å². The zero-order chi connectivity index (χ0) is 21.5. The molecule has 2 rings (SSSR count). The third kappa shape index (κ3) is 3.72. The van der Waals surface area contributed by atoms with Gasteiger partial charge in [0.1, 0.15) is 0 Å². The summed E-state index contributed by atoms with van der Waals surface area (Å²) in [7, 11) is 0. The van der Waals surface area contributed by atoms with Crippen LogP contribution in [-0.2, 0) is 20.0 Å². The maximum Gasteiger partial charge on any atom is 0.332 e. The Kier molecular flexibility index (Phi) is 3.38. The second-order valence-electron chi connectivity index (χ2n) is 6.14. The van der Waals surface area contributed by atoms with Crippen molar-refractivity contribution in [2.75, 3.05) is 0 Å². The summed E-state index contributed by atoms with van der Waals surface area (Å²) in [6.45, 7) is -0.00306. The van der Waals surface area contributed by atoms with Crippen LogP contribution in [0.1, 0.15) is 53.3 Å². The largest absolute Gasteiger partial charge is 0.390 e. The van der Waals surface area contributed by atoms with Gasteiger partial charge in [0.15, 0.2) is 11.2 Å². The van der Waals surface area contributed by atoms with Crippen molar-refractivity contribution < 1.29 is 12.0 Å². The summed E-state index contributed by atoms with van der Waals surface area (Å²) in [4.78, 5) is 29.6. The molecule has 0 saturated carbocycles. The third-order valence-electron chi connectivity index (χ3n) is 3.58. The van der Waals surface area contributed by atoms with E-state index in [-0.39, 0.29) is 24.1 Å². The first-order chi connectivity index (χ1) is 12.7. The second-order valence-corrected chi connectivity index (χ2v) is 6.14. The first-order valence-corrected chi connectivity index (χ1v) is 7.67. The number of rotatable bonds is 7. The van der Waals surface area contributed by atoms with Gasteiger partial charge in [0, 0.05) is 26.9 Å². The molecule has 0 atom stereocenters. The average molecular weight is 327 g/mol. The predicted octanol–water partition coefficient (Wildman–Crippen LogP) is 1.25. The number of hydrogen-bond donors (Lipinski definition) is 1. The monoisotopic (exact) mass is 327 g/mol. The molecule has 0 unspecified atom stereocenters. The van der Waals surface area contributed by atoms with Crippen molar-refractivity contribution in [3.63, 3.8) is 0 Å². The predicted molar refractivity (Wildman–Crippen MR) is 89.7 cm³/mol. The van der Waals surface area contributed by atoms with Gasteiger partial charge in [0.05, 0.1) is 11.9 Å². The lowest BCUT2D eigenvalue weighted by atomic mass is 10.0. The Labute approximate surface area is 142 Å². The highest BCUT2D eigenvalue weighted by Gasteiger charge is 2.16. The van der Waals surface area contributed by atoms with Gasteiger partial charge in [-0.2, -0.15) is 0 Å². The molecular formula is C16H26N4O3. The molecule has 2 aromatic heterocycles. The van der Waals surface area contributed by atoms with E-state index in [1.807, 2.05) is 0 Å². The normalized spacial score (nSPS) is 16.6. The van der Waals surface area contributed by atoms with Crippen molar-refractivity contribution in [3.8, 4) is 0 Å². The Morgan fingerprint density at radius 2 is 2.13 bits per heavy atom.